The summed E-state index contributed by atoms with van der Waals surface area (Å²) in [7, 11) is 0. The number of H-pyrrole nitrogens is 1. The number of alkyl halides is 4. The number of benzene rings is 2. The minimum atomic E-state index is -3.33. The Labute approximate surface area is 219 Å². The molecule has 5 rings (SSSR count). The highest BCUT2D eigenvalue weighted by Gasteiger charge is 2.42. The number of aromatic amines is 1. The summed E-state index contributed by atoms with van der Waals surface area (Å²) in [5.41, 5.74) is 3.78. The predicted molar refractivity (Wildman–Crippen MR) is 138 cm³/mol. The third kappa shape index (κ3) is 4.93. The number of hydrogen-bond acceptors (Lipinski definition) is 4. The number of aliphatic hydroxyl groups excluding tert-OH is 1. The second kappa shape index (κ2) is 10.7. The fraction of sp³-hybridized carbons (Fsp3) is 0.483. The summed E-state index contributed by atoms with van der Waals surface area (Å²) in [6.45, 7) is 1.18. The summed E-state index contributed by atoms with van der Waals surface area (Å²) in [6, 6.07) is 13.8. The van der Waals surface area contributed by atoms with Crippen molar-refractivity contribution in [1.82, 2.24) is 14.8 Å². The molecule has 0 spiro atoms. The lowest BCUT2D eigenvalue weighted by Crippen LogP contribution is -2.49. The summed E-state index contributed by atoms with van der Waals surface area (Å²) in [5.74, 6) is -3.56. The highest BCUT2D eigenvalue weighted by Crippen LogP contribution is 2.43. The first kappa shape index (κ1) is 26.7. The average molecular weight is 529 g/mol. The number of hydrogen-bond donors (Lipinski definition) is 2. The Bertz CT molecular complexity index is 1330. The van der Waals surface area contributed by atoms with Crippen LogP contribution in [-0.4, -0.2) is 71.3 Å². The molecule has 2 N–H and O–H groups in total. The van der Waals surface area contributed by atoms with Gasteiger partial charge in [0.1, 0.15) is 12.8 Å². The van der Waals surface area contributed by atoms with Crippen LogP contribution in [0.3, 0.4) is 0 Å². The average Bonchev–Trinajstić information content (AvgIpc) is 3.25. The van der Waals surface area contributed by atoms with E-state index in [1.165, 1.54) is 6.07 Å². The van der Waals surface area contributed by atoms with Gasteiger partial charge in [-0.2, -0.15) is 5.26 Å². The number of rotatable bonds is 9. The van der Waals surface area contributed by atoms with Gasteiger partial charge in [-0.15, -0.1) is 0 Å². The van der Waals surface area contributed by atoms with Crippen LogP contribution in [0.15, 0.2) is 42.5 Å². The number of likely N-dealkylation sites (tertiary alicyclic amines) is 1. The van der Waals surface area contributed by atoms with E-state index in [1.54, 1.807) is 17.0 Å². The molecule has 0 aliphatic carbocycles. The Morgan fingerprint density at radius 1 is 1.21 bits per heavy atom. The molecule has 5 nitrogen and oxygen atoms in total. The Balaban J connectivity index is 1.52. The van der Waals surface area contributed by atoms with Crippen LogP contribution in [0, 0.1) is 17.2 Å². The van der Waals surface area contributed by atoms with Gasteiger partial charge in [0, 0.05) is 48.2 Å². The minimum absolute atomic E-state index is 0.234. The topological polar surface area (TPSA) is 66.3 Å². The molecule has 38 heavy (non-hydrogen) atoms. The van der Waals surface area contributed by atoms with E-state index in [0.717, 1.165) is 22.2 Å². The summed E-state index contributed by atoms with van der Waals surface area (Å²) in [5, 5.41) is 20.4. The van der Waals surface area contributed by atoms with Crippen LogP contribution < -0.4 is 0 Å². The lowest BCUT2D eigenvalue weighted by atomic mass is 9.84. The zero-order chi connectivity index (χ0) is 27.0. The summed E-state index contributed by atoms with van der Waals surface area (Å²) in [6.07, 6.45) is -0.315. The fourth-order valence-corrected chi connectivity index (χ4v) is 6.02. The Morgan fingerprint density at radius 3 is 2.68 bits per heavy atom. The van der Waals surface area contributed by atoms with Gasteiger partial charge in [-0.05, 0) is 48.6 Å². The number of aliphatic hydroxyl groups is 1. The van der Waals surface area contributed by atoms with Crippen LogP contribution in [0.4, 0.5) is 17.6 Å². The van der Waals surface area contributed by atoms with Gasteiger partial charge in [0.25, 0.3) is 5.92 Å². The van der Waals surface area contributed by atoms with Crippen molar-refractivity contribution in [3.05, 3.63) is 70.4 Å². The van der Waals surface area contributed by atoms with Gasteiger partial charge in [0.05, 0.1) is 30.9 Å². The molecule has 3 heterocycles. The van der Waals surface area contributed by atoms with Crippen LogP contribution >= 0.6 is 0 Å². The highest BCUT2D eigenvalue weighted by atomic mass is 19.3. The van der Waals surface area contributed by atoms with Crippen molar-refractivity contribution in [3.63, 3.8) is 0 Å². The van der Waals surface area contributed by atoms with Crippen LogP contribution in [-0.2, 0) is 6.42 Å². The lowest BCUT2D eigenvalue weighted by molar-refractivity contribution is -0.0864. The third-order valence-corrected chi connectivity index (χ3v) is 7.98. The van der Waals surface area contributed by atoms with Crippen molar-refractivity contribution in [2.24, 2.45) is 5.92 Å². The number of fused-ring (bicyclic) bond motifs is 3. The number of para-hydroxylation sites is 1. The SMILES string of the molecule is C[C@@H]1Cc2c([nH]c3ccccc23)[C@@H](c2ccc([C@H](F)C3CN(CCCF)C3)cc2C#N)N1CC(F)(F)CO. The van der Waals surface area contributed by atoms with Gasteiger partial charge in [-0.25, -0.2) is 13.2 Å². The molecular weight excluding hydrogens is 496 g/mol. The maximum atomic E-state index is 15.4. The first-order valence-electron chi connectivity index (χ1n) is 13.1. The van der Waals surface area contributed by atoms with Gasteiger partial charge in [-0.3, -0.25) is 9.29 Å². The van der Waals surface area contributed by atoms with Crippen molar-refractivity contribution in [2.75, 3.05) is 39.5 Å². The zero-order valence-electron chi connectivity index (χ0n) is 21.3. The van der Waals surface area contributed by atoms with E-state index in [4.69, 9.17) is 0 Å². The monoisotopic (exact) mass is 528 g/mol. The van der Waals surface area contributed by atoms with Crippen LogP contribution in [0.2, 0.25) is 0 Å². The van der Waals surface area contributed by atoms with E-state index < -0.39 is 38.0 Å². The molecule has 0 saturated carbocycles. The largest absolute Gasteiger partial charge is 0.390 e. The number of nitriles is 1. The van der Waals surface area contributed by atoms with Gasteiger partial charge in [0.15, 0.2) is 0 Å². The van der Waals surface area contributed by atoms with Crippen molar-refractivity contribution < 1.29 is 22.7 Å². The van der Waals surface area contributed by atoms with E-state index in [0.29, 0.717) is 43.6 Å². The number of aromatic nitrogens is 1. The van der Waals surface area contributed by atoms with Crippen molar-refractivity contribution in [1.29, 1.82) is 5.26 Å². The zero-order valence-corrected chi connectivity index (χ0v) is 21.3. The molecular formula is C29H32F4N4O. The Morgan fingerprint density at radius 2 is 1.97 bits per heavy atom. The second-order valence-electron chi connectivity index (χ2n) is 10.6. The number of halogens is 4. The predicted octanol–water partition coefficient (Wildman–Crippen LogP) is 5.31. The molecule has 3 atom stereocenters. The minimum Gasteiger partial charge on any atom is -0.390 e. The van der Waals surface area contributed by atoms with Gasteiger partial charge in [0.2, 0.25) is 0 Å². The van der Waals surface area contributed by atoms with E-state index in [1.807, 2.05) is 36.1 Å². The molecule has 0 unspecified atom stereocenters. The van der Waals surface area contributed by atoms with E-state index in [-0.39, 0.29) is 17.5 Å². The number of nitrogens with one attached hydrogen (secondary N) is 1. The van der Waals surface area contributed by atoms with Crippen LogP contribution in [0.5, 0.6) is 0 Å². The molecule has 1 fully saturated rings. The van der Waals surface area contributed by atoms with Gasteiger partial charge in [-0.1, -0.05) is 30.3 Å². The fourth-order valence-electron chi connectivity index (χ4n) is 6.02. The summed E-state index contributed by atoms with van der Waals surface area (Å²) >= 11 is 0. The third-order valence-electron chi connectivity index (χ3n) is 7.98. The van der Waals surface area contributed by atoms with E-state index in [2.05, 4.69) is 11.1 Å². The number of nitrogens with zero attached hydrogens (tertiary/aromatic N) is 3. The first-order chi connectivity index (χ1) is 18.3. The second-order valence-corrected chi connectivity index (χ2v) is 10.6. The molecule has 1 saturated heterocycles. The Hall–Kier alpha value is -2.93. The summed E-state index contributed by atoms with van der Waals surface area (Å²) < 4.78 is 56.9. The molecule has 2 aromatic carbocycles. The maximum Gasteiger partial charge on any atom is 0.283 e. The molecule has 9 heteroatoms. The van der Waals surface area contributed by atoms with Gasteiger partial charge < -0.3 is 15.0 Å². The van der Waals surface area contributed by atoms with Crippen molar-refractivity contribution >= 4 is 10.9 Å². The molecule has 0 radical (unpaired) electrons. The van der Waals surface area contributed by atoms with Crippen molar-refractivity contribution in [2.45, 2.75) is 43.9 Å². The molecule has 1 aromatic heterocycles. The molecule has 2 aliphatic rings. The van der Waals surface area contributed by atoms with Crippen LogP contribution in [0.1, 0.15) is 53.5 Å². The maximum absolute atomic E-state index is 15.4. The van der Waals surface area contributed by atoms with Crippen LogP contribution in [0.25, 0.3) is 10.9 Å². The highest BCUT2D eigenvalue weighted by molar-refractivity contribution is 5.85. The quantitative estimate of drug-likeness (QED) is 0.370. The molecule has 0 amide bonds. The smallest absolute Gasteiger partial charge is 0.283 e. The van der Waals surface area contributed by atoms with Crippen molar-refractivity contribution in [3.8, 4) is 6.07 Å². The first-order valence-corrected chi connectivity index (χ1v) is 13.1. The normalized spacial score (nSPS) is 21.7. The Kier molecular flexibility index (Phi) is 7.49. The van der Waals surface area contributed by atoms with E-state index >= 15 is 4.39 Å². The summed E-state index contributed by atoms with van der Waals surface area (Å²) in [4.78, 5) is 7.04. The molecule has 202 valence electrons. The lowest BCUT2D eigenvalue weighted by Gasteiger charge is -2.43. The standard InChI is InChI=1S/C29H32F4N4O/c1-18-11-24-23-5-2-3-6-25(23)35-27(24)28(37(18)16-29(32,33)17-38)22-8-7-19(12-20(22)13-34)26(31)21-14-36(15-21)10-4-9-30/h2-3,5-8,12,18,21,26,28,35,38H,4,9-11,14-17H2,1H3/t18-,26+,28-/m1/s1. The molecule has 0 bridgehead atoms. The molecule has 3 aromatic rings. The van der Waals surface area contributed by atoms with E-state index in [9.17, 15) is 23.5 Å². The van der Waals surface area contributed by atoms with Gasteiger partial charge >= 0.3 is 0 Å². The molecule has 2 aliphatic heterocycles.